The third-order valence-electron chi connectivity index (χ3n) is 6.83. The van der Waals surface area contributed by atoms with Crippen molar-refractivity contribution in [3.8, 4) is 39.7 Å². The Morgan fingerprint density at radius 1 is 0.738 bits per heavy atom. The summed E-state index contributed by atoms with van der Waals surface area (Å²) in [6, 6.07) is 20.1. The van der Waals surface area contributed by atoms with E-state index in [2.05, 4.69) is 9.97 Å². The Morgan fingerprint density at radius 2 is 1.50 bits per heavy atom. The lowest BCUT2D eigenvalue weighted by molar-refractivity contribution is -0.137. The normalized spacial score (nSPS) is 11.7. The maximum Gasteiger partial charge on any atom is 0.417 e. The molecule has 0 aliphatic carbocycles. The third-order valence-corrected chi connectivity index (χ3v) is 6.83. The lowest BCUT2D eigenvalue weighted by atomic mass is 9.98. The van der Waals surface area contributed by atoms with Crippen LogP contribution in [-0.4, -0.2) is 25.7 Å². The first-order valence-electron chi connectivity index (χ1n) is 13.1. The van der Waals surface area contributed by atoms with Gasteiger partial charge in [0.15, 0.2) is 17.5 Å². The van der Waals surface area contributed by atoms with Gasteiger partial charge in [0.1, 0.15) is 18.1 Å². The first-order valence-corrected chi connectivity index (χ1v) is 13.1. The second-order valence-electron chi connectivity index (χ2n) is 9.71. The van der Waals surface area contributed by atoms with E-state index in [0.717, 1.165) is 17.7 Å². The van der Waals surface area contributed by atoms with Crippen molar-refractivity contribution in [2.45, 2.75) is 19.3 Å². The molecule has 0 radical (unpaired) electrons. The van der Waals surface area contributed by atoms with E-state index in [1.807, 2.05) is 33.7 Å². The molecule has 0 unspecified atom stereocenters. The summed E-state index contributed by atoms with van der Waals surface area (Å²) in [6.45, 7) is 1.17. The number of halogens is 5. The zero-order chi connectivity index (χ0) is 29.3. The van der Waals surface area contributed by atoms with Crippen LogP contribution in [0.5, 0.6) is 5.75 Å². The van der Waals surface area contributed by atoms with Crippen molar-refractivity contribution in [1.29, 1.82) is 0 Å². The van der Waals surface area contributed by atoms with Gasteiger partial charge in [-0.2, -0.15) is 13.2 Å². The van der Waals surface area contributed by atoms with Crippen molar-refractivity contribution in [3.05, 3.63) is 126 Å². The molecule has 0 fully saturated rings. The minimum absolute atomic E-state index is 0.0249. The van der Waals surface area contributed by atoms with Gasteiger partial charge in [-0.05, 0) is 59.2 Å². The third kappa shape index (κ3) is 5.74. The Labute approximate surface area is 237 Å². The highest BCUT2D eigenvalue weighted by Gasteiger charge is 2.34. The smallest absolute Gasteiger partial charge is 0.417 e. The Hall–Kier alpha value is -4.99. The molecule has 2 aliphatic heterocycles. The van der Waals surface area contributed by atoms with E-state index >= 15 is 0 Å². The van der Waals surface area contributed by atoms with E-state index in [-0.39, 0.29) is 29.3 Å². The fourth-order valence-corrected chi connectivity index (χ4v) is 4.74. The van der Waals surface area contributed by atoms with Gasteiger partial charge in [-0.1, -0.05) is 36.4 Å². The zero-order valence-corrected chi connectivity index (χ0v) is 22.0. The molecule has 3 aromatic carbocycles. The second-order valence-corrected chi connectivity index (χ2v) is 9.71. The monoisotopic (exact) mass is 574 g/mol. The number of rotatable bonds is 8. The number of aromatic nitrogens is 4. The maximum atomic E-state index is 14.2. The highest BCUT2D eigenvalue weighted by molar-refractivity contribution is 5.70. The predicted octanol–water partition coefficient (Wildman–Crippen LogP) is 7.94. The van der Waals surface area contributed by atoms with Crippen molar-refractivity contribution >= 4 is 0 Å². The Morgan fingerprint density at radius 3 is 2.26 bits per heavy atom. The minimum Gasteiger partial charge on any atom is -0.492 e. The molecule has 2 aliphatic rings. The van der Waals surface area contributed by atoms with Crippen LogP contribution >= 0.6 is 0 Å². The molecule has 4 aromatic rings. The van der Waals surface area contributed by atoms with E-state index < -0.39 is 23.4 Å². The SMILES string of the molecule is Fc1cccc(-c2nc3ccn(Cc4ccc(-c5ccc(OCCn6cccc6)cc5C(F)(F)F)cc4)cc-3n2)c1F. The highest BCUT2D eigenvalue weighted by Crippen LogP contribution is 2.39. The molecule has 3 heterocycles. The lowest BCUT2D eigenvalue weighted by Crippen LogP contribution is -2.10. The van der Waals surface area contributed by atoms with Crippen LogP contribution < -0.4 is 4.74 Å². The van der Waals surface area contributed by atoms with Crippen LogP contribution in [0, 0.1) is 11.6 Å². The fraction of sp³-hybridized carbons (Fsp3) is 0.125. The van der Waals surface area contributed by atoms with E-state index in [1.54, 1.807) is 48.8 Å². The molecule has 0 atom stereocenters. The summed E-state index contributed by atoms with van der Waals surface area (Å²) < 4.78 is 79.2. The van der Waals surface area contributed by atoms with Gasteiger partial charge >= 0.3 is 6.18 Å². The fourth-order valence-electron chi connectivity index (χ4n) is 4.74. The van der Waals surface area contributed by atoms with Crippen LogP contribution in [0.3, 0.4) is 0 Å². The first-order chi connectivity index (χ1) is 20.2. The molecular weight excluding hydrogens is 551 g/mol. The summed E-state index contributed by atoms with van der Waals surface area (Å²) >= 11 is 0. The average molecular weight is 575 g/mol. The number of nitrogens with zero attached hydrogens (tertiary/aromatic N) is 4. The summed E-state index contributed by atoms with van der Waals surface area (Å²) in [4.78, 5) is 8.66. The average Bonchev–Trinajstić information content (AvgIpc) is 3.64. The van der Waals surface area contributed by atoms with E-state index in [0.29, 0.717) is 30.0 Å². The summed E-state index contributed by atoms with van der Waals surface area (Å²) in [6.07, 6.45) is 2.66. The highest BCUT2D eigenvalue weighted by atomic mass is 19.4. The lowest BCUT2D eigenvalue weighted by Gasteiger charge is -2.16. The van der Waals surface area contributed by atoms with Gasteiger partial charge in [0, 0.05) is 31.3 Å². The standard InChI is InChI=1S/C32H23F5N4O/c33-27-5-3-4-25(30(27)34)31-38-28-12-15-41(20-29(28)39-31)19-21-6-8-22(9-7-21)24-11-10-23(18-26(24)32(35,36)37)42-17-16-40-13-1-2-14-40/h1-15,18,20H,16-17,19H2. The van der Waals surface area contributed by atoms with Gasteiger partial charge in [-0.3, -0.25) is 0 Å². The van der Waals surface area contributed by atoms with Crippen molar-refractivity contribution in [2.75, 3.05) is 6.61 Å². The molecule has 10 heteroatoms. The number of ether oxygens (including phenoxy) is 1. The number of benzene rings is 3. The topological polar surface area (TPSA) is 44.9 Å². The molecule has 1 aromatic heterocycles. The van der Waals surface area contributed by atoms with Gasteiger partial charge in [-0.15, -0.1) is 0 Å². The molecule has 5 nitrogen and oxygen atoms in total. The van der Waals surface area contributed by atoms with Gasteiger partial charge in [0.2, 0.25) is 0 Å². The molecule has 6 rings (SSSR count). The van der Waals surface area contributed by atoms with Crippen molar-refractivity contribution in [2.24, 2.45) is 0 Å². The Kier molecular flexibility index (Phi) is 7.20. The van der Waals surface area contributed by atoms with Gasteiger partial charge in [0.25, 0.3) is 0 Å². The quantitative estimate of drug-likeness (QED) is 0.173. The van der Waals surface area contributed by atoms with Gasteiger partial charge in [-0.25, -0.2) is 18.7 Å². The van der Waals surface area contributed by atoms with E-state index in [1.165, 1.54) is 18.2 Å². The number of imidazole rings is 1. The zero-order valence-electron chi connectivity index (χ0n) is 22.0. The van der Waals surface area contributed by atoms with Crippen molar-refractivity contribution < 1.29 is 26.7 Å². The molecule has 0 amide bonds. The summed E-state index contributed by atoms with van der Waals surface area (Å²) in [7, 11) is 0. The van der Waals surface area contributed by atoms with Crippen LogP contribution in [0.2, 0.25) is 0 Å². The summed E-state index contributed by atoms with van der Waals surface area (Å²) in [5, 5.41) is 0. The van der Waals surface area contributed by atoms with Crippen molar-refractivity contribution in [3.63, 3.8) is 0 Å². The maximum absolute atomic E-state index is 14.2. The van der Waals surface area contributed by atoms with Crippen LogP contribution in [0.4, 0.5) is 22.0 Å². The minimum atomic E-state index is -4.56. The molecular formula is C32H23F5N4O. The second kappa shape index (κ2) is 11.1. The largest absolute Gasteiger partial charge is 0.492 e. The van der Waals surface area contributed by atoms with Crippen molar-refractivity contribution in [1.82, 2.24) is 19.1 Å². The van der Waals surface area contributed by atoms with E-state index in [4.69, 9.17) is 4.74 Å². The number of alkyl halides is 3. The van der Waals surface area contributed by atoms with Crippen LogP contribution in [0.1, 0.15) is 11.1 Å². The summed E-state index contributed by atoms with van der Waals surface area (Å²) in [5.41, 5.74) is 1.56. The first kappa shape index (κ1) is 27.2. The molecule has 0 spiro atoms. The molecule has 0 bridgehead atoms. The Balaban J connectivity index is 1.19. The summed E-state index contributed by atoms with van der Waals surface area (Å²) in [5.74, 6) is -1.75. The molecule has 212 valence electrons. The number of hydrogen-bond donors (Lipinski definition) is 0. The molecule has 0 saturated carbocycles. The number of fused-ring (bicyclic) bond motifs is 1. The van der Waals surface area contributed by atoms with Crippen LogP contribution in [-0.2, 0) is 19.3 Å². The number of pyridine rings is 1. The molecule has 0 saturated heterocycles. The van der Waals surface area contributed by atoms with Crippen LogP contribution in [0.15, 0.2) is 104 Å². The predicted molar refractivity (Wildman–Crippen MR) is 148 cm³/mol. The number of hydrogen-bond acceptors (Lipinski definition) is 3. The molecule has 42 heavy (non-hydrogen) atoms. The van der Waals surface area contributed by atoms with E-state index in [9.17, 15) is 22.0 Å². The van der Waals surface area contributed by atoms with Gasteiger partial charge < -0.3 is 13.9 Å². The molecule has 0 N–H and O–H groups in total. The van der Waals surface area contributed by atoms with Gasteiger partial charge in [0.05, 0.1) is 23.4 Å². The van der Waals surface area contributed by atoms with Crippen LogP contribution in [0.25, 0.3) is 33.9 Å². The Bertz CT molecular complexity index is 1790.